The Balaban J connectivity index is 1.47. The molecular formula is C19H17ClN4O. The molecule has 1 aromatic carbocycles. The molecule has 1 aliphatic rings. The highest BCUT2D eigenvalue weighted by Crippen LogP contribution is 2.29. The predicted molar refractivity (Wildman–Crippen MR) is 96.5 cm³/mol. The first-order valence-corrected chi connectivity index (χ1v) is 8.59. The molecular weight excluding hydrogens is 336 g/mol. The third-order valence-corrected chi connectivity index (χ3v) is 4.85. The number of likely N-dealkylation sites (tertiary alicyclic amines) is 1. The van der Waals surface area contributed by atoms with Crippen molar-refractivity contribution in [2.75, 3.05) is 13.1 Å². The Kier molecular flexibility index (Phi) is 4.24. The Morgan fingerprint density at radius 2 is 1.92 bits per heavy atom. The summed E-state index contributed by atoms with van der Waals surface area (Å²) < 4.78 is 0. The molecule has 4 rings (SSSR count). The highest BCUT2D eigenvalue weighted by Gasteiger charge is 2.28. The van der Waals surface area contributed by atoms with Crippen molar-refractivity contribution in [1.82, 2.24) is 20.1 Å². The maximum Gasteiger partial charge on any atom is 0.271 e. The molecule has 1 atom stereocenters. The summed E-state index contributed by atoms with van der Waals surface area (Å²) in [5, 5.41) is 7.85. The minimum atomic E-state index is -0.00994. The van der Waals surface area contributed by atoms with Crippen molar-refractivity contribution in [2.24, 2.45) is 0 Å². The van der Waals surface area contributed by atoms with Crippen LogP contribution in [0.4, 0.5) is 0 Å². The van der Waals surface area contributed by atoms with Crippen molar-refractivity contribution >= 4 is 17.5 Å². The van der Waals surface area contributed by atoms with Gasteiger partial charge < -0.3 is 4.90 Å². The summed E-state index contributed by atoms with van der Waals surface area (Å²) in [6, 6.07) is 13.4. The summed E-state index contributed by atoms with van der Waals surface area (Å²) in [6.45, 7) is 1.46. The largest absolute Gasteiger partial charge is 0.337 e. The van der Waals surface area contributed by atoms with Crippen molar-refractivity contribution in [2.45, 2.75) is 12.3 Å². The first-order chi connectivity index (χ1) is 12.2. The number of rotatable bonds is 3. The maximum absolute atomic E-state index is 12.7. The number of benzene rings is 1. The molecule has 126 valence electrons. The van der Waals surface area contributed by atoms with Gasteiger partial charge >= 0.3 is 0 Å². The summed E-state index contributed by atoms with van der Waals surface area (Å²) in [4.78, 5) is 18.6. The fourth-order valence-corrected chi connectivity index (χ4v) is 3.35. The number of carbonyl (C=O) groups is 1. The van der Waals surface area contributed by atoms with Crippen LogP contribution in [0.1, 0.15) is 28.4 Å². The molecule has 1 fully saturated rings. The smallest absolute Gasteiger partial charge is 0.271 e. The van der Waals surface area contributed by atoms with Crippen molar-refractivity contribution < 1.29 is 4.79 Å². The van der Waals surface area contributed by atoms with Gasteiger partial charge in [-0.25, -0.2) is 0 Å². The SMILES string of the molecule is O=C(c1cc(-c2ccncc2)n[nH]1)N1CC[C@H](c2ccc(Cl)cc2)C1. The van der Waals surface area contributed by atoms with E-state index in [1.807, 2.05) is 41.3 Å². The monoisotopic (exact) mass is 352 g/mol. The van der Waals surface area contributed by atoms with Gasteiger partial charge in [-0.15, -0.1) is 0 Å². The minimum absolute atomic E-state index is 0.00994. The summed E-state index contributed by atoms with van der Waals surface area (Å²) in [5.74, 6) is 0.341. The van der Waals surface area contributed by atoms with Crippen molar-refractivity contribution in [1.29, 1.82) is 0 Å². The number of nitrogens with zero attached hydrogens (tertiary/aromatic N) is 3. The van der Waals surface area contributed by atoms with Crippen LogP contribution in [0, 0.1) is 0 Å². The number of aromatic nitrogens is 3. The van der Waals surface area contributed by atoms with Crippen molar-refractivity contribution in [3.8, 4) is 11.3 Å². The van der Waals surface area contributed by atoms with Gasteiger partial charge in [0.15, 0.2) is 0 Å². The number of pyridine rings is 1. The molecule has 1 aliphatic heterocycles. The molecule has 1 amide bonds. The van der Waals surface area contributed by atoms with Crippen molar-refractivity contribution in [3.05, 3.63) is 71.1 Å². The number of amides is 1. The lowest BCUT2D eigenvalue weighted by molar-refractivity contribution is 0.0785. The second-order valence-electron chi connectivity index (χ2n) is 6.19. The third kappa shape index (κ3) is 3.28. The second kappa shape index (κ2) is 6.69. The van der Waals surface area contributed by atoms with E-state index in [4.69, 9.17) is 11.6 Å². The Bertz CT molecular complexity index is 876. The first kappa shape index (κ1) is 15.8. The quantitative estimate of drug-likeness (QED) is 0.780. The fraction of sp³-hybridized carbons (Fsp3) is 0.211. The summed E-state index contributed by atoms with van der Waals surface area (Å²) in [5.41, 5.74) is 3.43. The zero-order valence-electron chi connectivity index (χ0n) is 13.5. The molecule has 0 spiro atoms. The lowest BCUT2D eigenvalue weighted by Crippen LogP contribution is -2.28. The van der Waals surface area contributed by atoms with Gasteiger partial charge in [-0.2, -0.15) is 5.10 Å². The number of nitrogens with one attached hydrogen (secondary N) is 1. The highest BCUT2D eigenvalue weighted by molar-refractivity contribution is 6.30. The zero-order chi connectivity index (χ0) is 17.2. The molecule has 5 nitrogen and oxygen atoms in total. The van der Waals surface area contributed by atoms with E-state index >= 15 is 0 Å². The number of carbonyl (C=O) groups excluding carboxylic acids is 1. The second-order valence-corrected chi connectivity index (χ2v) is 6.63. The molecule has 0 unspecified atom stereocenters. The van der Waals surface area contributed by atoms with Gasteiger partial charge in [0.05, 0.1) is 5.69 Å². The molecule has 6 heteroatoms. The van der Waals surface area contributed by atoms with Crippen LogP contribution in [-0.4, -0.2) is 39.1 Å². The van der Waals surface area contributed by atoms with E-state index in [1.165, 1.54) is 5.56 Å². The summed E-state index contributed by atoms with van der Waals surface area (Å²) in [6.07, 6.45) is 4.38. The first-order valence-electron chi connectivity index (χ1n) is 8.21. The minimum Gasteiger partial charge on any atom is -0.337 e. The Morgan fingerprint density at radius 3 is 2.68 bits per heavy atom. The lowest BCUT2D eigenvalue weighted by Gasteiger charge is -2.15. The van der Waals surface area contributed by atoms with Gasteiger partial charge in [-0.1, -0.05) is 23.7 Å². The molecule has 0 radical (unpaired) electrons. The van der Waals surface area contributed by atoms with E-state index < -0.39 is 0 Å². The van der Waals surface area contributed by atoms with E-state index in [2.05, 4.69) is 15.2 Å². The van der Waals surface area contributed by atoms with Gasteiger partial charge in [0, 0.05) is 42.0 Å². The molecule has 0 aliphatic carbocycles. The van der Waals surface area contributed by atoms with Crippen LogP contribution in [-0.2, 0) is 0 Å². The number of H-pyrrole nitrogens is 1. The van der Waals surface area contributed by atoms with Crippen LogP contribution in [0.3, 0.4) is 0 Å². The fourth-order valence-electron chi connectivity index (χ4n) is 3.22. The highest BCUT2D eigenvalue weighted by atomic mass is 35.5. The van der Waals surface area contributed by atoms with Gasteiger partial charge in [0.1, 0.15) is 5.69 Å². The third-order valence-electron chi connectivity index (χ3n) is 4.60. The zero-order valence-corrected chi connectivity index (χ0v) is 14.3. The van der Waals surface area contributed by atoms with E-state index in [-0.39, 0.29) is 5.91 Å². The van der Waals surface area contributed by atoms with Crippen molar-refractivity contribution in [3.63, 3.8) is 0 Å². The topological polar surface area (TPSA) is 61.9 Å². The number of aromatic amines is 1. The van der Waals surface area contributed by atoms with Gasteiger partial charge in [0.2, 0.25) is 0 Å². The molecule has 2 aromatic heterocycles. The maximum atomic E-state index is 12.7. The number of hydrogen-bond donors (Lipinski definition) is 1. The van der Waals surface area contributed by atoms with Crippen LogP contribution in [0.25, 0.3) is 11.3 Å². The average molecular weight is 353 g/mol. The molecule has 1 saturated heterocycles. The van der Waals surface area contributed by atoms with Gasteiger partial charge in [-0.3, -0.25) is 14.9 Å². The molecule has 3 heterocycles. The van der Waals surface area contributed by atoms with Gasteiger partial charge in [-0.05, 0) is 42.3 Å². The molecule has 1 N–H and O–H groups in total. The standard InChI is InChI=1S/C19H17ClN4O/c20-16-3-1-13(2-4-16)15-7-10-24(12-15)19(25)18-11-17(22-23-18)14-5-8-21-9-6-14/h1-6,8-9,11,15H,7,10,12H2,(H,22,23)/t15-/m0/s1. The van der Waals surface area contributed by atoms with Crippen LogP contribution in [0.2, 0.25) is 5.02 Å². The average Bonchev–Trinajstić information content (AvgIpc) is 3.33. The lowest BCUT2D eigenvalue weighted by atomic mass is 9.99. The Hall–Kier alpha value is -2.66. The summed E-state index contributed by atoms with van der Waals surface area (Å²) >= 11 is 5.95. The summed E-state index contributed by atoms with van der Waals surface area (Å²) in [7, 11) is 0. The molecule has 25 heavy (non-hydrogen) atoms. The van der Waals surface area contributed by atoms with Gasteiger partial charge in [0.25, 0.3) is 5.91 Å². The van der Waals surface area contributed by atoms with Crippen LogP contribution >= 0.6 is 11.6 Å². The predicted octanol–water partition coefficient (Wildman–Crippen LogP) is 3.75. The van der Waals surface area contributed by atoms with E-state index in [1.54, 1.807) is 18.5 Å². The number of hydrogen-bond acceptors (Lipinski definition) is 3. The van der Waals surface area contributed by atoms with E-state index in [0.29, 0.717) is 18.2 Å². The van der Waals surface area contributed by atoms with Crippen LogP contribution in [0.15, 0.2) is 54.9 Å². The van der Waals surface area contributed by atoms with E-state index in [0.717, 1.165) is 29.2 Å². The van der Waals surface area contributed by atoms with Crippen LogP contribution in [0.5, 0.6) is 0 Å². The Morgan fingerprint density at radius 1 is 1.16 bits per heavy atom. The molecule has 0 saturated carbocycles. The molecule has 0 bridgehead atoms. The van der Waals surface area contributed by atoms with Crippen LogP contribution < -0.4 is 0 Å². The Labute approximate surface area is 150 Å². The normalized spacial score (nSPS) is 17.0. The molecule has 3 aromatic rings. The van der Waals surface area contributed by atoms with E-state index in [9.17, 15) is 4.79 Å². The number of halogens is 1.